The first-order valence-electron chi connectivity index (χ1n) is 16.2. The summed E-state index contributed by atoms with van der Waals surface area (Å²) in [6.45, 7) is 4.44. The van der Waals surface area contributed by atoms with E-state index in [9.17, 15) is 25.0 Å². The minimum atomic E-state index is -0.887. The lowest BCUT2D eigenvalue weighted by Gasteiger charge is -2.07. The maximum absolute atomic E-state index is 12.3. The Hall–Kier alpha value is -2.38. The van der Waals surface area contributed by atoms with Crippen molar-refractivity contribution in [2.24, 2.45) is 0 Å². The molecule has 0 amide bonds. The maximum atomic E-state index is 12.3. The normalized spacial score (nSPS) is 11.2. The maximum Gasteiger partial charge on any atom is 0.311 e. The van der Waals surface area contributed by atoms with Crippen LogP contribution in [0.4, 0.5) is 0 Å². The second-order valence-corrected chi connectivity index (χ2v) is 11.1. The highest BCUT2D eigenvalue weighted by Gasteiger charge is 2.29. The zero-order valence-electron chi connectivity index (χ0n) is 25.4. The minimum absolute atomic E-state index is 0.0374. The van der Waals surface area contributed by atoms with Crippen LogP contribution in [-0.4, -0.2) is 32.1 Å². The Balaban J connectivity index is 2.27. The summed E-state index contributed by atoms with van der Waals surface area (Å²) >= 11 is 0. The molecule has 0 unspecified atom stereocenters. The van der Waals surface area contributed by atoms with Gasteiger partial charge in [0.1, 0.15) is 0 Å². The molecule has 0 atom stereocenters. The zero-order valence-corrected chi connectivity index (χ0v) is 25.4. The number of hydrogen-bond acceptors (Lipinski definition) is 7. The summed E-state index contributed by atoms with van der Waals surface area (Å²) in [5.74, 6) is -4.11. The lowest BCUT2D eigenvalue weighted by atomic mass is 10.1. The minimum Gasteiger partial charge on any atom is -0.490 e. The van der Waals surface area contributed by atoms with Crippen LogP contribution in [0.1, 0.15) is 168 Å². The molecule has 232 valence electrons. The van der Waals surface area contributed by atoms with Crippen LogP contribution in [0.25, 0.3) is 0 Å². The highest BCUT2D eigenvalue weighted by molar-refractivity contribution is 5.78. The standard InChI is InChI=1S/C32H57NO7/c1-3-5-7-9-11-13-15-17-19-21-23-25-27(34)39-29-30(32(37)33(38)31(29)36)40-28(35)26-24-22-20-18-16-14-12-10-8-6-4-2/h36-38H,3-26H2,1-2H3. The van der Waals surface area contributed by atoms with Gasteiger partial charge in [-0.05, 0) is 12.8 Å². The molecule has 0 aromatic carbocycles. The van der Waals surface area contributed by atoms with Gasteiger partial charge in [-0.25, -0.2) is 0 Å². The van der Waals surface area contributed by atoms with Crippen LogP contribution in [0.2, 0.25) is 0 Å². The third-order valence-corrected chi connectivity index (χ3v) is 7.41. The third kappa shape index (κ3) is 16.0. The fourth-order valence-electron chi connectivity index (χ4n) is 4.88. The summed E-state index contributed by atoms with van der Waals surface area (Å²) in [5.41, 5.74) is 0. The molecule has 0 aliphatic heterocycles. The monoisotopic (exact) mass is 567 g/mol. The van der Waals surface area contributed by atoms with E-state index in [1.165, 1.54) is 89.9 Å². The van der Waals surface area contributed by atoms with Gasteiger partial charge in [-0.2, -0.15) is 0 Å². The van der Waals surface area contributed by atoms with Gasteiger partial charge < -0.3 is 24.9 Å². The van der Waals surface area contributed by atoms with Crippen molar-refractivity contribution in [1.82, 2.24) is 4.73 Å². The predicted molar refractivity (Wildman–Crippen MR) is 158 cm³/mol. The van der Waals surface area contributed by atoms with Crippen LogP contribution in [-0.2, 0) is 9.59 Å². The molecule has 0 fully saturated rings. The zero-order chi connectivity index (χ0) is 29.4. The Labute approximate surface area is 242 Å². The van der Waals surface area contributed by atoms with Gasteiger partial charge in [0.25, 0.3) is 11.8 Å². The second kappa shape index (κ2) is 23.3. The molecule has 1 rings (SSSR count). The van der Waals surface area contributed by atoms with E-state index in [0.717, 1.165) is 38.5 Å². The average Bonchev–Trinajstić information content (AvgIpc) is 3.13. The van der Waals surface area contributed by atoms with Crippen molar-refractivity contribution in [3.63, 3.8) is 0 Å². The molecule has 1 aromatic rings. The van der Waals surface area contributed by atoms with E-state index < -0.39 is 35.2 Å². The Morgan fingerprint density at radius 2 is 0.750 bits per heavy atom. The van der Waals surface area contributed by atoms with Crippen molar-refractivity contribution < 1.29 is 34.5 Å². The number of aromatic nitrogens is 1. The van der Waals surface area contributed by atoms with Gasteiger partial charge in [0.2, 0.25) is 11.5 Å². The first-order chi connectivity index (χ1) is 19.4. The number of ether oxygens (including phenoxy) is 2. The summed E-state index contributed by atoms with van der Waals surface area (Å²) in [5, 5.41) is 30.0. The Bertz CT molecular complexity index is 742. The lowest BCUT2D eigenvalue weighted by Crippen LogP contribution is -2.11. The van der Waals surface area contributed by atoms with Gasteiger partial charge >= 0.3 is 11.9 Å². The third-order valence-electron chi connectivity index (χ3n) is 7.41. The summed E-state index contributed by atoms with van der Waals surface area (Å²) in [4.78, 5) is 24.6. The number of esters is 2. The van der Waals surface area contributed by atoms with Gasteiger partial charge in [0.15, 0.2) is 0 Å². The van der Waals surface area contributed by atoms with Crippen LogP contribution in [0, 0.1) is 0 Å². The molecule has 0 aliphatic rings. The number of carbonyl (C=O) groups is 2. The van der Waals surface area contributed by atoms with Crippen LogP contribution < -0.4 is 9.47 Å². The Kier molecular flexibility index (Phi) is 20.8. The van der Waals surface area contributed by atoms with Crippen molar-refractivity contribution >= 4 is 11.9 Å². The van der Waals surface area contributed by atoms with E-state index >= 15 is 0 Å². The average molecular weight is 568 g/mol. The number of unbranched alkanes of at least 4 members (excludes halogenated alkanes) is 20. The molecule has 40 heavy (non-hydrogen) atoms. The van der Waals surface area contributed by atoms with Crippen LogP contribution in [0.5, 0.6) is 23.3 Å². The van der Waals surface area contributed by atoms with Crippen LogP contribution in [0.15, 0.2) is 0 Å². The van der Waals surface area contributed by atoms with Gasteiger partial charge in [-0.1, -0.05) is 142 Å². The van der Waals surface area contributed by atoms with Gasteiger partial charge in [-0.3, -0.25) is 9.59 Å². The van der Waals surface area contributed by atoms with Crippen molar-refractivity contribution in [2.45, 2.75) is 168 Å². The molecular formula is C32H57NO7. The first kappa shape index (κ1) is 35.6. The number of carbonyl (C=O) groups excluding carboxylic acids is 2. The molecule has 0 saturated heterocycles. The topological polar surface area (TPSA) is 118 Å². The Morgan fingerprint density at radius 1 is 0.500 bits per heavy atom. The summed E-state index contributed by atoms with van der Waals surface area (Å²) in [7, 11) is 0. The fraction of sp³-hybridized carbons (Fsp3) is 0.812. The highest BCUT2D eigenvalue weighted by atomic mass is 16.6. The van der Waals surface area contributed by atoms with E-state index in [1.807, 2.05) is 0 Å². The van der Waals surface area contributed by atoms with Crippen molar-refractivity contribution in [1.29, 1.82) is 0 Å². The number of hydrogen-bond donors (Lipinski definition) is 3. The molecule has 1 heterocycles. The van der Waals surface area contributed by atoms with Gasteiger partial charge in [-0.15, -0.1) is 4.73 Å². The van der Waals surface area contributed by atoms with Gasteiger partial charge in [0.05, 0.1) is 0 Å². The van der Waals surface area contributed by atoms with Crippen LogP contribution in [0.3, 0.4) is 0 Å². The molecule has 3 N–H and O–H groups in total. The van der Waals surface area contributed by atoms with Crippen molar-refractivity contribution in [3.8, 4) is 23.3 Å². The summed E-state index contributed by atoms with van der Waals surface area (Å²) in [6.07, 6.45) is 25.6. The SMILES string of the molecule is CCCCCCCCCCCCCC(=O)Oc1c(OC(=O)CCCCCCCCCCCCC)c(O)n(O)c1O. The number of nitrogens with zero attached hydrogens (tertiary/aromatic N) is 1. The smallest absolute Gasteiger partial charge is 0.311 e. The Morgan fingerprint density at radius 3 is 1.02 bits per heavy atom. The first-order valence-corrected chi connectivity index (χ1v) is 16.2. The molecule has 8 nitrogen and oxygen atoms in total. The quantitative estimate of drug-likeness (QED) is 0.0579. The fourth-order valence-corrected chi connectivity index (χ4v) is 4.88. The molecule has 0 radical (unpaired) electrons. The molecule has 8 heteroatoms. The van der Waals surface area contributed by atoms with Gasteiger partial charge in [0, 0.05) is 12.8 Å². The molecular weight excluding hydrogens is 510 g/mol. The molecule has 1 aromatic heterocycles. The summed E-state index contributed by atoms with van der Waals surface area (Å²) < 4.78 is 10.4. The van der Waals surface area contributed by atoms with E-state index in [4.69, 9.17) is 9.47 Å². The molecule has 0 bridgehead atoms. The largest absolute Gasteiger partial charge is 0.490 e. The van der Waals surface area contributed by atoms with Crippen molar-refractivity contribution in [3.05, 3.63) is 0 Å². The highest BCUT2D eigenvalue weighted by Crippen LogP contribution is 2.46. The number of rotatable bonds is 26. The van der Waals surface area contributed by atoms with E-state index in [2.05, 4.69) is 13.8 Å². The molecule has 0 aliphatic carbocycles. The predicted octanol–water partition coefficient (Wildman–Crippen LogP) is 9.35. The number of aromatic hydroxyl groups is 2. The van der Waals surface area contributed by atoms with E-state index in [-0.39, 0.29) is 17.6 Å². The lowest BCUT2D eigenvalue weighted by molar-refractivity contribution is -0.137. The second-order valence-electron chi connectivity index (χ2n) is 11.1. The van der Waals surface area contributed by atoms with E-state index in [0.29, 0.717) is 12.8 Å². The molecule has 0 spiro atoms. The summed E-state index contributed by atoms with van der Waals surface area (Å²) in [6, 6.07) is 0. The van der Waals surface area contributed by atoms with Crippen LogP contribution >= 0.6 is 0 Å². The van der Waals surface area contributed by atoms with E-state index in [1.54, 1.807) is 0 Å². The molecule has 0 saturated carbocycles. The van der Waals surface area contributed by atoms with Crippen molar-refractivity contribution in [2.75, 3.05) is 0 Å².